The number of piperidine rings is 1. The molecule has 0 aromatic carbocycles. The van der Waals surface area contributed by atoms with Gasteiger partial charge in [0, 0.05) is 26.2 Å². The lowest BCUT2D eigenvalue weighted by atomic mass is 10.00. The van der Waals surface area contributed by atoms with Gasteiger partial charge in [-0.1, -0.05) is 20.8 Å². The van der Waals surface area contributed by atoms with Crippen LogP contribution in [0.4, 0.5) is 4.79 Å². The Morgan fingerprint density at radius 3 is 2.21 bits per heavy atom. The maximum Gasteiger partial charge on any atom is 0.317 e. The second-order valence-corrected chi connectivity index (χ2v) is 6.40. The Balaban J connectivity index is 0.00000154. The molecule has 2 N–H and O–H groups in total. The Labute approximate surface area is 117 Å². The summed E-state index contributed by atoms with van der Waals surface area (Å²) in [7, 11) is -3.17. The fourth-order valence-electron chi connectivity index (χ4n) is 1.73. The first-order valence-electron chi connectivity index (χ1n) is 6.86. The van der Waals surface area contributed by atoms with Gasteiger partial charge in [0.15, 0.2) is 0 Å². The van der Waals surface area contributed by atoms with Gasteiger partial charge in [0.1, 0.15) is 0 Å². The third-order valence-corrected chi connectivity index (χ3v) is 3.56. The summed E-state index contributed by atoms with van der Waals surface area (Å²) in [6, 6.07) is -0.104. The predicted molar refractivity (Wildman–Crippen MR) is 77.6 cm³/mol. The SMILES string of the molecule is CC.CC1CCN(C(=O)NCCNS(C)(=O)=O)CC1. The molecule has 1 saturated heterocycles. The molecule has 2 amide bonds. The van der Waals surface area contributed by atoms with Crippen molar-refractivity contribution in [1.29, 1.82) is 0 Å². The molecule has 0 atom stereocenters. The number of nitrogens with zero attached hydrogens (tertiary/aromatic N) is 1. The van der Waals surface area contributed by atoms with Gasteiger partial charge in [-0.3, -0.25) is 0 Å². The number of carbonyl (C=O) groups excluding carboxylic acids is 1. The van der Waals surface area contributed by atoms with Crippen LogP contribution in [0, 0.1) is 5.92 Å². The van der Waals surface area contributed by atoms with Crippen LogP contribution in [0.5, 0.6) is 0 Å². The minimum absolute atomic E-state index is 0.104. The smallest absolute Gasteiger partial charge is 0.317 e. The van der Waals surface area contributed by atoms with E-state index in [0.29, 0.717) is 12.5 Å². The fourth-order valence-corrected chi connectivity index (χ4v) is 2.20. The van der Waals surface area contributed by atoms with Crippen molar-refractivity contribution in [1.82, 2.24) is 14.9 Å². The van der Waals surface area contributed by atoms with Gasteiger partial charge in [-0.25, -0.2) is 17.9 Å². The standard InChI is InChI=1S/C10H21N3O3S.C2H6/c1-9-3-7-13(8-4-9)10(14)11-5-6-12-17(2,15)16;1-2/h9,12H,3-8H2,1-2H3,(H,11,14);1-2H3. The Bertz CT molecular complexity index is 349. The molecular weight excluding hydrogens is 266 g/mol. The summed E-state index contributed by atoms with van der Waals surface area (Å²) in [5.74, 6) is 0.686. The maximum absolute atomic E-state index is 11.7. The van der Waals surface area contributed by atoms with Crippen LogP contribution >= 0.6 is 0 Å². The first-order chi connectivity index (χ1) is 8.88. The van der Waals surface area contributed by atoms with E-state index in [1.165, 1.54) is 0 Å². The van der Waals surface area contributed by atoms with Crippen LogP contribution in [0.2, 0.25) is 0 Å². The monoisotopic (exact) mass is 293 g/mol. The van der Waals surface area contributed by atoms with E-state index in [4.69, 9.17) is 0 Å². The summed E-state index contributed by atoms with van der Waals surface area (Å²) in [5.41, 5.74) is 0. The summed E-state index contributed by atoms with van der Waals surface area (Å²) in [4.78, 5) is 13.4. The van der Waals surface area contributed by atoms with E-state index in [9.17, 15) is 13.2 Å². The van der Waals surface area contributed by atoms with Crippen LogP contribution in [0.1, 0.15) is 33.6 Å². The largest absolute Gasteiger partial charge is 0.337 e. The van der Waals surface area contributed by atoms with E-state index in [1.54, 1.807) is 4.90 Å². The number of sulfonamides is 1. The van der Waals surface area contributed by atoms with Crippen LogP contribution in [0.3, 0.4) is 0 Å². The van der Waals surface area contributed by atoms with Gasteiger partial charge in [-0.15, -0.1) is 0 Å². The summed E-state index contributed by atoms with van der Waals surface area (Å²) in [6.45, 7) is 8.30. The molecule has 0 aromatic rings. The zero-order chi connectivity index (χ0) is 14.9. The minimum atomic E-state index is -3.17. The first kappa shape index (κ1) is 18.2. The van der Waals surface area contributed by atoms with Gasteiger partial charge in [0.05, 0.1) is 6.26 Å². The number of likely N-dealkylation sites (tertiary alicyclic amines) is 1. The summed E-state index contributed by atoms with van der Waals surface area (Å²) < 4.78 is 23.9. The lowest BCUT2D eigenvalue weighted by molar-refractivity contribution is 0.174. The third kappa shape index (κ3) is 8.83. The molecule has 1 aliphatic rings. The van der Waals surface area contributed by atoms with Gasteiger partial charge in [0.25, 0.3) is 0 Å². The molecule has 6 nitrogen and oxygen atoms in total. The maximum atomic E-state index is 11.7. The molecule has 0 aromatic heterocycles. The molecule has 1 rings (SSSR count). The lowest BCUT2D eigenvalue weighted by Crippen LogP contribution is -2.46. The van der Waals surface area contributed by atoms with Crippen molar-refractivity contribution >= 4 is 16.1 Å². The average Bonchev–Trinajstić information content (AvgIpc) is 2.36. The molecule has 0 saturated carbocycles. The minimum Gasteiger partial charge on any atom is -0.337 e. The second-order valence-electron chi connectivity index (χ2n) is 4.57. The summed E-state index contributed by atoms with van der Waals surface area (Å²) >= 11 is 0. The van der Waals surface area contributed by atoms with Crippen LogP contribution in [-0.4, -0.2) is 51.8 Å². The van der Waals surface area contributed by atoms with E-state index in [1.807, 2.05) is 13.8 Å². The molecule has 0 radical (unpaired) electrons. The van der Waals surface area contributed by atoms with Crippen molar-refractivity contribution in [2.24, 2.45) is 5.92 Å². The predicted octanol–water partition coefficient (Wildman–Crippen LogP) is 1.00. The highest BCUT2D eigenvalue weighted by Crippen LogP contribution is 2.15. The number of amides is 2. The fraction of sp³-hybridized carbons (Fsp3) is 0.917. The zero-order valence-corrected chi connectivity index (χ0v) is 13.2. The van der Waals surface area contributed by atoms with E-state index < -0.39 is 10.0 Å². The van der Waals surface area contributed by atoms with Crippen molar-refractivity contribution in [2.75, 3.05) is 32.4 Å². The molecule has 19 heavy (non-hydrogen) atoms. The topological polar surface area (TPSA) is 78.5 Å². The zero-order valence-electron chi connectivity index (χ0n) is 12.4. The van der Waals surface area contributed by atoms with Crippen molar-refractivity contribution < 1.29 is 13.2 Å². The molecule has 7 heteroatoms. The first-order valence-corrected chi connectivity index (χ1v) is 8.75. The van der Waals surface area contributed by atoms with Gasteiger partial charge >= 0.3 is 6.03 Å². The second kappa shape index (κ2) is 9.14. The van der Waals surface area contributed by atoms with Crippen molar-refractivity contribution in [3.05, 3.63) is 0 Å². The highest BCUT2D eigenvalue weighted by molar-refractivity contribution is 7.88. The van der Waals surface area contributed by atoms with Gasteiger partial charge in [-0.05, 0) is 18.8 Å². The number of hydrogen-bond donors (Lipinski definition) is 2. The Hall–Kier alpha value is -0.820. The molecular formula is C12H27N3O3S. The Morgan fingerprint density at radius 1 is 1.21 bits per heavy atom. The van der Waals surface area contributed by atoms with Crippen molar-refractivity contribution in [3.63, 3.8) is 0 Å². The van der Waals surface area contributed by atoms with E-state index in [0.717, 1.165) is 32.2 Å². The quantitative estimate of drug-likeness (QED) is 0.759. The molecule has 1 fully saturated rings. The average molecular weight is 293 g/mol. The molecule has 1 aliphatic heterocycles. The highest BCUT2D eigenvalue weighted by atomic mass is 32.2. The number of carbonyl (C=O) groups is 1. The van der Waals surface area contributed by atoms with Crippen LogP contribution in [0.25, 0.3) is 0 Å². The van der Waals surface area contributed by atoms with E-state index >= 15 is 0 Å². The number of nitrogens with one attached hydrogen (secondary N) is 2. The number of urea groups is 1. The number of hydrogen-bond acceptors (Lipinski definition) is 3. The molecule has 1 heterocycles. The van der Waals surface area contributed by atoms with Crippen LogP contribution < -0.4 is 10.0 Å². The summed E-state index contributed by atoms with van der Waals surface area (Å²) in [6.07, 6.45) is 3.17. The van der Waals surface area contributed by atoms with E-state index in [2.05, 4.69) is 17.0 Å². The van der Waals surface area contributed by atoms with E-state index in [-0.39, 0.29) is 12.6 Å². The normalized spacial score (nSPS) is 16.5. The molecule has 0 spiro atoms. The summed E-state index contributed by atoms with van der Waals surface area (Å²) in [5, 5.41) is 2.70. The molecule has 0 unspecified atom stereocenters. The van der Waals surface area contributed by atoms with Gasteiger partial charge in [-0.2, -0.15) is 0 Å². The van der Waals surface area contributed by atoms with Gasteiger partial charge < -0.3 is 10.2 Å². The Kier molecular flexibility index (Phi) is 8.75. The van der Waals surface area contributed by atoms with Crippen LogP contribution in [0.15, 0.2) is 0 Å². The molecule has 0 bridgehead atoms. The van der Waals surface area contributed by atoms with Crippen molar-refractivity contribution in [3.8, 4) is 0 Å². The van der Waals surface area contributed by atoms with Crippen LogP contribution in [-0.2, 0) is 10.0 Å². The molecule has 114 valence electrons. The molecule has 0 aliphatic carbocycles. The van der Waals surface area contributed by atoms with Crippen molar-refractivity contribution in [2.45, 2.75) is 33.6 Å². The lowest BCUT2D eigenvalue weighted by Gasteiger charge is -2.30. The number of rotatable bonds is 4. The highest BCUT2D eigenvalue weighted by Gasteiger charge is 2.19. The van der Waals surface area contributed by atoms with Gasteiger partial charge in [0.2, 0.25) is 10.0 Å². The third-order valence-electron chi connectivity index (χ3n) is 2.84. The Morgan fingerprint density at radius 2 is 1.74 bits per heavy atom.